The first kappa shape index (κ1) is 18.2. The molecule has 0 radical (unpaired) electrons. The third kappa shape index (κ3) is 4.31. The lowest BCUT2D eigenvalue weighted by molar-refractivity contribution is -0.139. The molecule has 2 heterocycles. The van der Waals surface area contributed by atoms with E-state index in [1.165, 1.54) is 0 Å². The summed E-state index contributed by atoms with van der Waals surface area (Å²) in [6.07, 6.45) is 3.51. The number of ether oxygens (including phenoxy) is 1. The van der Waals surface area contributed by atoms with Gasteiger partial charge in [0, 0.05) is 18.7 Å². The molecule has 1 unspecified atom stereocenters. The number of nitrogens with zero attached hydrogens (tertiary/aromatic N) is 2. The van der Waals surface area contributed by atoms with Gasteiger partial charge in [-0.1, -0.05) is 42.7 Å². The van der Waals surface area contributed by atoms with Crippen molar-refractivity contribution in [2.75, 3.05) is 13.1 Å². The van der Waals surface area contributed by atoms with Crippen LogP contribution in [0.3, 0.4) is 0 Å². The molecule has 0 spiro atoms. The van der Waals surface area contributed by atoms with E-state index < -0.39 is 12.1 Å². The van der Waals surface area contributed by atoms with Crippen molar-refractivity contribution in [3.63, 3.8) is 0 Å². The van der Waals surface area contributed by atoms with Crippen LogP contribution in [0.15, 0.2) is 30.3 Å². The van der Waals surface area contributed by atoms with E-state index in [1.54, 1.807) is 17.9 Å². The molecule has 0 bridgehead atoms. The van der Waals surface area contributed by atoms with Crippen LogP contribution < -0.4 is 0 Å². The largest absolute Gasteiger partial charge is 0.448 e. The van der Waals surface area contributed by atoms with Crippen LogP contribution in [0.4, 0.5) is 0 Å². The minimum atomic E-state index is -0.799. The SMILES string of the molecule is Cc1ccc(-c2cc(C(=O)OC(C)C(=O)N3CCCCCC3)[nH]n2)cc1. The number of hydrogen-bond donors (Lipinski definition) is 1. The Morgan fingerprint density at radius 2 is 1.77 bits per heavy atom. The van der Waals surface area contributed by atoms with Gasteiger partial charge < -0.3 is 9.64 Å². The molecular formula is C20H25N3O3. The average Bonchev–Trinajstić information content (AvgIpc) is 2.97. The van der Waals surface area contributed by atoms with E-state index in [0.29, 0.717) is 5.69 Å². The molecule has 6 nitrogen and oxygen atoms in total. The third-order valence-corrected chi connectivity index (χ3v) is 4.69. The second kappa shape index (κ2) is 8.17. The highest BCUT2D eigenvalue weighted by atomic mass is 16.5. The van der Waals surface area contributed by atoms with E-state index in [0.717, 1.165) is 49.9 Å². The molecule has 3 rings (SSSR count). The van der Waals surface area contributed by atoms with E-state index in [4.69, 9.17) is 4.74 Å². The van der Waals surface area contributed by atoms with Crippen molar-refractivity contribution in [2.24, 2.45) is 0 Å². The van der Waals surface area contributed by atoms with E-state index in [-0.39, 0.29) is 11.6 Å². The normalized spacial score (nSPS) is 16.0. The van der Waals surface area contributed by atoms with Gasteiger partial charge >= 0.3 is 5.97 Å². The number of nitrogens with one attached hydrogen (secondary N) is 1. The summed E-state index contributed by atoms with van der Waals surface area (Å²) in [6, 6.07) is 9.53. The van der Waals surface area contributed by atoms with Crippen LogP contribution in [-0.4, -0.2) is 46.2 Å². The molecule has 26 heavy (non-hydrogen) atoms. The number of likely N-dealkylation sites (tertiary alicyclic amines) is 1. The van der Waals surface area contributed by atoms with Crippen molar-refractivity contribution in [2.45, 2.75) is 45.6 Å². The van der Waals surface area contributed by atoms with Crippen LogP contribution >= 0.6 is 0 Å². The van der Waals surface area contributed by atoms with Crippen molar-refractivity contribution in [1.29, 1.82) is 0 Å². The number of benzene rings is 1. The summed E-state index contributed by atoms with van der Waals surface area (Å²) in [7, 11) is 0. The molecule has 1 atom stereocenters. The van der Waals surface area contributed by atoms with Gasteiger partial charge in [0.25, 0.3) is 5.91 Å². The van der Waals surface area contributed by atoms with Crippen LogP contribution in [0.2, 0.25) is 0 Å². The Labute approximate surface area is 153 Å². The Bertz CT molecular complexity index is 759. The molecule has 0 aliphatic carbocycles. The molecule has 1 fully saturated rings. The molecular weight excluding hydrogens is 330 g/mol. The first-order chi connectivity index (χ1) is 12.5. The lowest BCUT2D eigenvalue weighted by atomic mass is 10.1. The number of aromatic nitrogens is 2. The summed E-state index contributed by atoms with van der Waals surface area (Å²) in [5, 5.41) is 6.87. The van der Waals surface area contributed by atoms with Gasteiger partial charge in [-0.25, -0.2) is 4.79 Å². The Morgan fingerprint density at radius 1 is 1.12 bits per heavy atom. The number of carbonyl (C=O) groups is 2. The van der Waals surface area contributed by atoms with Crippen LogP contribution in [0.1, 0.15) is 48.7 Å². The lowest BCUT2D eigenvalue weighted by Gasteiger charge is -2.23. The van der Waals surface area contributed by atoms with Gasteiger partial charge in [-0.2, -0.15) is 5.10 Å². The maximum absolute atomic E-state index is 12.5. The Hall–Kier alpha value is -2.63. The number of aromatic amines is 1. The molecule has 1 aromatic carbocycles. The number of amides is 1. The number of hydrogen-bond acceptors (Lipinski definition) is 4. The van der Waals surface area contributed by atoms with Crippen LogP contribution in [-0.2, 0) is 9.53 Å². The predicted octanol–water partition coefficient (Wildman–Crippen LogP) is 3.33. The Kier molecular flexibility index (Phi) is 5.71. The number of esters is 1. The molecule has 1 aliphatic rings. The quantitative estimate of drug-likeness (QED) is 0.854. The molecule has 1 aliphatic heterocycles. The molecule has 138 valence electrons. The fraction of sp³-hybridized carbons (Fsp3) is 0.450. The molecule has 1 aromatic heterocycles. The lowest BCUT2D eigenvalue weighted by Crippen LogP contribution is -2.40. The highest BCUT2D eigenvalue weighted by Gasteiger charge is 2.25. The zero-order valence-electron chi connectivity index (χ0n) is 15.3. The molecule has 2 aromatic rings. The maximum atomic E-state index is 12.5. The summed E-state index contributed by atoms with van der Waals surface area (Å²) in [5.41, 5.74) is 2.99. The number of aryl methyl sites for hydroxylation is 1. The predicted molar refractivity (Wildman–Crippen MR) is 98.7 cm³/mol. The summed E-state index contributed by atoms with van der Waals surface area (Å²) in [4.78, 5) is 26.6. The van der Waals surface area contributed by atoms with E-state index in [1.807, 2.05) is 31.2 Å². The summed E-state index contributed by atoms with van der Waals surface area (Å²) in [5.74, 6) is -0.690. The zero-order chi connectivity index (χ0) is 18.5. The van der Waals surface area contributed by atoms with Crippen LogP contribution in [0.25, 0.3) is 11.3 Å². The van der Waals surface area contributed by atoms with Crippen molar-refractivity contribution >= 4 is 11.9 Å². The van der Waals surface area contributed by atoms with Gasteiger partial charge in [0.2, 0.25) is 0 Å². The molecule has 6 heteroatoms. The third-order valence-electron chi connectivity index (χ3n) is 4.69. The zero-order valence-corrected chi connectivity index (χ0v) is 15.3. The Balaban J connectivity index is 1.62. The minimum absolute atomic E-state index is 0.126. The number of carbonyl (C=O) groups excluding carboxylic acids is 2. The summed E-state index contributed by atoms with van der Waals surface area (Å²) >= 11 is 0. The van der Waals surface area contributed by atoms with E-state index in [9.17, 15) is 9.59 Å². The van der Waals surface area contributed by atoms with Crippen molar-refractivity contribution in [3.8, 4) is 11.3 Å². The van der Waals surface area contributed by atoms with Crippen molar-refractivity contribution in [3.05, 3.63) is 41.6 Å². The fourth-order valence-corrected chi connectivity index (χ4v) is 3.12. The first-order valence-electron chi connectivity index (χ1n) is 9.17. The molecule has 1 N–H and O–H groups in total. The van der Waals surface area contributed by atoms with Crippen molar-refractivity contribution in [1.82, 2.24) is 15.1 Å². The second-order valence-corrected chi connectivity index (χ2v) is 6.82. The van der Waals surface area contributed by atoms with Gasteiger partial charge in [-0.3, -0.25) is 9.89 Å². The summed E-state index contributed by atoms with van der Waals surface area (Å²) < 4.78 is 5.36. The monoisotopic (exact) mass is 355 g/mol. The summed E-state index contributed by atoms with van der Waals surface area (Å²) in [6.45, 7) is 5.12. The van der Waals surface area contributed by atoms with Crippen LogP contribution in [0.5, 0.6) is 0 Å². The van der Waals surface area contributed by atoms with Crippen LogP contribution in [0, 0.1) is 6.92 Å². The fourth-order valence-electron chi connectivity index (χ4n) is 3.12. The highest BCUT2D eigenvalue weighted by Crippen LogP contribution is 2.19. The number of H-pyrrole nitrogens is 1. The standard InChI is InChI=1S/C20H25N3O3/c1-14-7-9-16(10-8-14)17-13-18(22-21-17)20(25)26-15(2)19(24)23-11-5-3-4-6-12-23/h7-10,13,15H,3-6,11-12H2,1-2H3,(H,21,22). The Morgan fingerprint density at radius 3 is 2.42 bits per heavy atom. The molecule has 1 saturated heterocycles. The number of rotatable bonds is 4. The topological polar surface area (TPSA) is 75.3 Å². The minimum Gasteiger partial charge on any atom is -0.448 e. The van der Waals surface area contributed by atoms with Crippen molar-refractivity contribution < 1.29 is 14.3 Å². The smallest absolute Gasteiger partial charge is 0.357 e. The maximum Gasteiger partial charge on any atom is 0.357 e. The molecule has 1 amide bonds. The average molecular weight is 355 g/mol. The first-order valence-corrected chi connectivity index (χ1v) is 9.17. The van der Waals surface area contributed by atoms with E-state index in [2.05, 4.69) is 10.2 Å². The molecule has 0 saturated carbocycles. The second-order valence-electron chi connectivity index (χ2n) is 6.82. The van der Waals surface area contributed by atoms with Gasteiger partial charge in [0.1, 0.15) is 5.69 Å². The van der Waals surface area contributed by atoms with Gasteiger partial charge in [-0.15, -0.1) is 0 Å². The highest BCUT2D eigenvalue weighted by molar-refractivity contribution is 5.91. The van der Waals surface area contributed by atoms with Gasteiger partial charge in [0.05, 0.1) is 5.69 Å². The van der Waals surface area contributed by atoms with Gasteiger partial charge in [0.15, 0.2) is 6.10 Å². The van der Waals surface area contributed by atoms with E-state index >= 15 is 0 Å². The van der Waals surface area contributed by atoms with Gasteiger partial charge in [-0.05, 0) is 32.8 Å².